The van der Waals surface area contributed by atoms with Gasteiger partial charge in [-0.2, -0.15) is 0 Å². The summed E-state index contributed by atoms with van der Waals surface area (Å²) in [5.41, 5.74) is -0.0948. The van der Waals surface area contributed by atoms with E-state index in [1.807, 2.05) is 0 Å². The molecular formula is C10H13N3O3. The normalized spacial score (nSPS) is 10.2. The number of nitrogens with one attached hydrogen (secondary N) is 1. The molecule has 16 heavy (non-hydrogen) atoms. The maximum absolute atomic E-state index is 11.4. The quantitative estimate of drug-likeness (QED) is 0.766. The maximum atomic E-state index is 11.4. The van der Waals surface area contributed by atoms with Crippen LogP contribution in [0.3, 0.4) is 0 Å². The fraction of sp³-hybridized carbons (Fsp3) is 0.300. The number of anilines is 1. The highest BCUT2D eigenvalue weighted by Gasteiger charge is 2.08. The molecule has 6 nitrogen and oxygen atoms in total. The lowest BCUT2D eigenvalue weighted by molar-refractivity contribution is -0.116. The third-order valence-electron chi connectivity index (χ3n) is 1.70. The Bertz CT molecular complexity index is 404. The van der Waals surface area contributed by atoms with Crippen molar-refractivity contribution < 1.29 is 14.7 Å². The van der Waals surface area contributed by atoms with Crippen LogP contribution in [0.5, 0.6) is 0 Å². The van der Waals surface area contributed by atoms with Crippen LogP contribution in [0.15, 0.2) is 18.2 Å². The summed E-state index contributed by atoms with van der Waals surface area (Å²) in [7, 11) is 3.53. The van der Waals surface area contributed by atoms with E-state index < -0.39 is 5.97 Å². The van der Waals surface area contributed by atoms with Gasteiger partial charge in [0.25, 0.3) is 0 Å². The largest absolute Gasteiger partial charge is 0.477 e. The Morgan fingerprint density at radius 2 is 2.12 bits per heavy atom. The number of hydrogen-bond acceptors (Lipinski definition) is 4. The van der Waals surface area contributed by atoms with Crippen molar-refractivity contribution in [3.63, 3.8) is 0 Å². The molecule has 0 aliphatic carbocycles. The van der Waals surface area contributed by atoms with E-state index in [0.717, 1.165) is 0 Å². The topological polar surface area (TPSA) is 82.5 Å². The van der Waals surface area contributed by atoms with Gasteiger partial charge in [0.05, 0.1) is 6.54 Å². The Labute approximate surface area is 92.9 Å². The molecule has 0 spiro atoms. The number of amides is 1. The van der Waals surface area contributed by atoms with Crippen molar-refractivity contribution in [3.8, 4) is 0 Å². The van der Waals surface area contributed by atoms with Crippen LogP contribution in [0, 0.1) is 0 Å². The number of carbonyl (C=O) groups is 2. The molecule has 0 radical (unpaired) electrons. The molecule has 0 saturated heterocycles. The van der Waals surface area contributed by atoms with Gasteiger partial charge in [0.1, 0.15) is 5.82 Å². The number of carboxylic acid groups (broad SMARTS) is 1. The van der Waals surface area contributed by atoms with Gasteiger partial charge in [-0.15, -0.1) is 0 Å². The van der Waals surface area contributed by atoms with Gasteiger partial charge >= 0.3 is 5.97 Å². The minimum absolute atomic E-state index is 0.0948. The average molecular weight is 223 g/mol. The van der Waals surface area contributed by atoms with Gasteiger partial charge in [-0.3, -0.25) is 4.79 Å². The fourth-order valence-electron chi connectivity index (χ4n) is 1.09. The molecule has 6 heteroatoms. The molecule has 1 rings (SSSR count). The standard InChI is InChI=1S/C10H13N3O3/c1-13(2)6-9(14)12-8-5-3-4-7(11-8)10(15)16/h3-5H,6H2,1-2H3,(H,15,16)(H,11,12,14). The number of aromatic carboxylic acids is 1. The average Bonchev–Trinajstić information content (AvgIpc) is 2.16. The van der Waals surface area contributed by atoms with Gasteiger partial charge in [-0.1, -0.05) is 6.07 Å². The second-order valence-electron chi connectivity index (χ2n) is 3.50. The summed E-state index contributed by atoms with van der Waals surface area (Å²) in [4.78, 5) is 27.5. The molecule has 0 aliphatic rings. The van der Waals surface area contributed by atoms with Crippen LogP contribution in [0.1, 0.15) is 10.5 Å². The number of pyridine rings is 1. The Morgan fingerprint density at radius 3 is 2.69 bits per heavy atom. The zero-order chi connectivity index (χ0) is 12.1. The predicted octanol–water partition coefficient (Wildman–Crippen LogP) is 0.280. The van der Waals surface area contributed by atoms with Crippen LogP contribution >= 0.6 is 0 Å². The van der Waals surface area contributed by atoms with Gasteiger partial charge in [0.15, 0.2) is 5.69 Å². The summed E-state index contributed by atoms with van der Waals surface area (Å²) >= 11 is 0. The summed E-state index contributed by atoms with van der Waals surface area (Å²) in [6.07, 6.45) is 0. The Balaban J connectivity index is 2.70. The van der Waals surface area contributed by atoms with Crippen molar-refractivity contribution in [1.82, 2.24) is 9.88 Å². The minimum Gasteiger partial charge on any atom is -0.477 e. The Hall–Kier alpha value is -1.95. The van der Waals surface area contributed by atoms with Crippen molar-refractivity contribution in [2.24, 2.45) is 0 Å². The van der Waals surface area contributed by atoms with E-state index in [4.69, 9.17) is 5.11 Å². The summed E-state index contributed by atoms with van der Waals surface area (Å²) in [5, 5.41) is 11.2. The van der Waals surface area contributed by atoms with E-state index in [1.54, 1.807) is 25.1 Å². The highest BCUT2D eigenvalue weighted by Crippen LogP contribution is 2.04. The molecule has 86 valence electrons. The lowest BCUT2D eigenvalue weighted by atomic mass is 10.3. The van der Waals surface area contributed by atoms with Gasteiger partial charge in [0, 0.05) is 0 Å². The summed E-state index contributed by atoms with van der Waals surface area (Å²) in [5.74, 6) is -1.12. The van der Waals surface area contributed by atoms with Crippen LogP contribution in [-0.4, -0.2) is 47.5 Å². The SMILES string of the molecule is CN(C)CC(=O)Nc1cccc(C(=O)O)n1. The van der Waals surface area contributed by atoms with Crippen LogP contribution in [0.2, 0.25) is 0 Å². The molecule has 1 aromatic heterocycles. The Morgan fingerprint density at radius 1 is 1.44 bits per heavy atom. The van der Waals surface area contributed by atoms with Gasteiger partial charge in [0.2, 0.25) is 5.91 Å². The molecule has 2 N–H and O–H groups in total. The molecule has 0 aliphatic heterocycles. The van der Waals surface area contributed by atoms with Crippen molar-refractivity contribution >= 4 is 17.7 Å². The highest BCUT2D eigenvalue weighted by atomic mass is 16.4. The first kappa shape index (κ1) is 12.1. The zero-order valence-electron chi connectivity index (χ0n) is 9.10. The number of nitrogens with zero attached hydrogens (tertiary/aromatic N) is 2. The molecular weight excluding hydrogens is 210 g/mol. The second-order valence-corrected chi connectivity index (χ2v) is 3.50. The van der Waals surface area contributed by atoms with E-state index in [0.29, 0.717) is 0 Å². The van der Waals surface area contributed by atoms with Crippen LogP contribution in [-0.2, 0) is 4.79 Å². The monoisotopic (exact) mass is 223 g/mol. The molecule has 0 aromatic carbocycles. The number of hydrogen-bond donors (Lipinski definition) is 2. The summed E-state index contributed by atoms with van der Waals surface area (Å²) < 4.78 is 0. The maximum Gasteiger partial charge on any atom is 0.354 e. The number of carboxylic acids is 1. The van der Waals surface area contributed by atoms with Crippen molar-refractivity contribution in [2.45, 2.75) is 0 Å². The molecule has 1 heterocycles. The van der Waals surface area contributed by atoms with E-state index in [9.17, 15) is 9.59 Å². The molecule has 0 unspecified atom stereocenters. The molecule has 0 atom stereocenters. The summed E-state index contributed by atoms with van der Waals surface area (Å²) in [6, 6.07) is 4.44. The third-order valence-corrected chi connectivity index (χ3v) is 1.70. The fourth-order valence-corrected chi connectivity index (χ4v) is 1.09. The number of aromatic nitrogens is 1. The molecule has 0 bridgehead atoms. The first-order chi connectivity index (χ1) is 7.49. The predicted molar refractivity (Wildman–Crippen MR) is 58.4 cm³/mol. The summed E-state index contributed by atoms with van der Waals surface area (Å²) in [6.45, 7) is 0.221. The van der Waals surface area contributed by atoms with Crippen molar-refractivity contribution in [3.05, 3.63) is 23.9 Å². The second kappa shape index (κ2) is 5.22. The van der Waals surface area contributed by atoms with Crippen LogP contribution in [0.4, 0.5) is 5.82 Å². The first-order valence-corrected chi connectivity index (χ1v) is 4.64. The zero-order valence-corrected chi connectivity index (χ0v) is 9.10. The van der Waals surface area contributed by atoms with E-state index in [1.165, 1.54) is 12.1 Å². The number of likely N-dealkylation sites (N-methyl/N-ethyl adjacent to an activating group) is 1. The van der Waals surface area contributed by atoms with Crippen molar-refractivity contribution in [1.29, 1.82) is 0 Å². The smallest absolute Gasteiger partial charge is 0.354 e. The van der Waals surface area contributed by atoms with E-state index >= 15 is 0 Å². The number of rotatable bonds is 4. The minimum atomic E-state index is -1.12. The molecule has 1 aromatic rings. The highest BCUT2D eigenvalue weighted by molar-refractivity contribution is 5.92. The van der Waals surface area contributed by atoms with E-state index in [-0.39, 0.29) is 24.0 Å². The third kappa shape index (κ3) is 3.66. The lowest BCUT2D eigenvalue weighted by Gasteiger charge is -2.09. The molecule has 0 fully saturated rings. The van der Waals surface area contributed by atoms with Crippen molar-refractivity contribution in [2.75, 3.05) is 26.0 Å². The first-order valence-electron chi connectivity index (χ1n) is 4.64. The number of carbonyl (C=O) groups excluding carboxylic acids is 1. The van der Waals surface area contributed by atoms with Crippen LogP contribution < -0.4 is 5.32 Å². The van der Waals surface area contributed by atoms with Gasteiger partial charge < -0.3 is 15.3 Å². The van der Waals surface area contributed by atoms with Crippen LogP contribution in [0.25, 0.3) is 0 Å². The Kier molecular flexibility index (Phi) is 3.96. The van der Waals surface area contributed by atoms with Gasteiger partial charge in [-0.05, 0) is 26.2 Å². The molecule has 1 amide bonds. The lowest BCUT2D eigenvalue weighted by Crippen LogP contribution is -2.27. The van der Waals surface area contributed by atoms with Gasteiger partial charge in [-0.25, -0.2) is 9.78 Å². The van der Waals surface area contributed by atoms with E-state index in [2.05, 4.69) is 10.3 Å². The molecule has 0 saturated carbocycles.